The quantitative estimate of drug-likeness (QED) is 0.117. The van der Waals surface area contributed by atoms with Crippen molar-refractivity contribution in [3.05, 3.63) is 106 Å². The molecule has 13 heteroatoms. The van der Waals surface area contributed by atoms with Crippen LogP contribution in [-0.2, 0) is 37.3 Å². The fourth-order valence-corrected chi connectivity index (χ4v) is 6.82. The van der Waals surface area contributed by atoms with Gasteiger partial charge in [0.15, 0.2) is 5.65 Å². The van der Waals surface area contributed by atoms with E-state index in [9.17, 15) is 9.59 Å². The molecule has 0 bridgehead atoms. The number of hydrogen-bond acceptors (Lipinski definition) is 9. The van der Waals surface area contributed by atoms with Crippen molar-refractivity contribution < 1.29 is 18.7 Å². The molecule has 3 N–H and O–H groups in total. The van der Waals surface area contributed by atoms with Crippen LogP contribution in [0.15, 0.2) is 66.9 Å². The molecule has 3 aromatic heterocycles. The van der Waals surface area contributed by atoms with Gasteiger partial charge in [0.05, 0.1) is 17.3 Å². The Morgan fingerprint density at radius 3 is 2.33 bits per heavy atom. The summed E-state index contributed by atoms with van der Waals surface area (Å²) in [6, 6.07) is 17.7. The topological polar surface area (TPSA) is 130 Å². The maximum absolute atomic E-state index is 15.1. The Balaban J connectivity index is 1.12. The van der Waals surface area contributed by atoms with Crippen molar-refractivity contribution in [3.63, 3.8) is 0 Å². The second-order valence-corrected chi connectivity index (χ2v) is 14.3. The Morgan fingerprint density at radius 2 is 1.62 bits per heavy atom. The minimum absolute atomic E-state index is 0.104. The summed E-state index contributed by atoms with van der Waals surface area (Å²) in [6.07, 6.45) is 4.26. The van der Waals surface area contributed by atoms with E-state index in [0.29, 0.717) is 31.7 Å². The van der Waals surface area contributed by atoms with Crippen molar-refractivity contribution in [1.29, 1.82) is 0 Å². The van der Waals surface area contributed by atoms with Crippen molar-refractivity contribution in [2.24, 2.45) is 0 Å². The van der Waals surface area contributed by atoms with Gasteiger partial charge in [-0.3, -0.25) is 9.59 Å². The molecule has 0 spiro atoms. The van der Waals surface area contributed by atoms with Gasteiger partial charge in [-0.1, -0.05) is 37.3 Å². The molecule has 0 aliphatic carbocycles. The molecule has 290 valence electrons. The molecule has 5 aromatic rings. The number of likely N-dealkylation sites (N-methyl/N-ethyl adjacent to an activating group) is 2. The standard InChI is InChI=1S/C42H52FN9O3/c1-6-36-33(39(47-31-16-20-55-21-17-31)34-26-46-52(7-2)40(34)49-36)25-45-42(54)38-13-9-12-37(48-38)41(53)44-24-28-14-15-35(43)32(23-28)30-11-8-10-29(22-30)27-51(5)19-18-50(3)4/h8-15,22-23,26,31H,6-7,16-21,24-25,27H2,1-5H3,(H,44,53)(H,45,54)(H,47,49). The van der Waals surface area contributed by atoms with Gasteiger partial charge in [0, 0.05) is 75.3 Å². The van der Waals surface area contributed by atoms with E-state index >= 15 is 4.39 Å². The first-order valence-corrected chi connectivity index (χ1v) is 19.1. The number of pyridine rings is 2. The SMILES string of the molecule is CCc1nc2c(cnn2CC)c(NC2CCOCC2)c1CNC(=O)c1cccc(C(=O)NCc2ccc(F)c(-c3cccc(CN(C)CCN(C)C)c3)c2)n1. The Labute approximate surface area is 322 Å². The summed E-state index contributed by atoms with van der Waals surface area (Å²) >= 11 is 0. The largest absolute Gasteiger partial charge is 0.381 e. The summed E-state index contributed by atoms with van der Waals surface area (Å²) in [5.41, 5.74) is 6.79. The molecule has 1 fully saturated rings. The first kappa shape index (κ1) is 39.5. The minimum atomic E-state index is -0.443. The van der Waals surface area contributed by atoms with Crippen molar-refractivity contribution in [2.75, 3.05) is 52.8 Å². The number of carbonyl (C=O) groups is 2. The lowest BCUT2D eigenvalue weighted by molar-refractivity contribution is 0.0904. The summed E-state index contributed by atoms with van der Waals surface area (Å²) in [5.74, 6) is -1.19. The third-order valence-electron chi connectivity index (χ3n) is 9.92. The fourth-order valence-electron chi connectivity index (χ4n) is 6.82. The van der Waals surface area contributed by atoms with Gasteiger partial charge in [0.2, 0.25) is 0 Å². The summed E-state index contributed by atoms with van der Waals surface area (Å²) < 4.78 is 22.6. The number of nitrogens with zero attached hydrogens (tertiary/aromatic N) is 6. The van der Waals surface area contributed by atoms with Crippen molar-refractivity contribution >= 4 is 28.5 Å². The van der Waals surface area contributed by atoms with Crippen LogP contribution in [0.25, 0.3) is 22.2 Å². The summed E-state index contributed by atoms with van der Waals surface area (Å²) in [7, 11) is 6.17. The maximum atomic E-state index is 15.1. The van der Waals surface area contributed by atoms with Gasteiger partial charge in [-0.15, -0.1) is 0 Å². The Bertz CT molecular complexity index is 2110. The number of halogens is 1. The van der Waals surface area contributed by atoms with Crippen LogP contribution >= 0.6 is 0 Å². The zero-order chi connectivity index (χ0) is 38.9. The third-order valence-corrected chi connectivity index (χ3v) is 9.92. The van der Waals surface area contributed by atoms with Crippen molar-refractivity contribution in [1.82, 2.24) is 40.2 Å². The van der Waals surface area contributed by atoms with E-state index in [1.54, 1.807) is 30.3 Å². The average molecular weight is 750 g/mol. The van der Waals surface area contributed by atoms with Crippen LogP contribution in [-0.4, -0.2) is 94.9 Å². The predicted molar refractivity (Wildman–Crippen MR) is 213 cm³/mol. The van der Waals surface area contributed by atoms with Crippen LogP contribution in [0, 0.1) is 5.82 Å². The minimum Gasteiger partial charge on any atom is -0.381 e. The van der Waals surface area contributed by atoms with Gasteiger partial charge in [0.25, 0.3) is 11.8 Å². The van der Waals surface area contributed by atoms with Gasteiger partial charge in [-0.25, -0.2) is 19.0 Å². The van der Waals surface area contributed by atoms with Gasteiger partial charge in [-0.2, -0.15) is 5.10 Å². The number of fused-ring (bicyclic) bond motifs is 1. The average Bonchev–Trinajstić information content (AvgIpc) is 3.62. The number of aromatic nitrogens is 4. The molecular formula is C42H52FN9O3. The van der Waals surface area contributed by atoms with Gasteiger partial charge in [0.1, 0.15) is 17.2 Å². The second-order valence-electron chi connectivity index (χ2n) is 14.3. The molecule has 1 aliphatic heterocycles. The number of amides is 2. The number of ether oxygens (including phenoxy) is 1. The Hall–Kier alpha value is -5.24. The molecule has 0 radical (unpaired) electrons. The molecule has 12 nitrogen and oxygen atoms in total. The number of rotatable bonds is 16. The Morgan fingerprint density at radius 1 is 0.891 bits per heavy atom. The van der Waals surface area contributed by atoms with E-state index in [-0.39, 0.29) is 36.3 Å². The molecule has 6 rings (SSSR count). The van der Waals surface area contributed by atoms with E-state index < -0.39 is 11.8 Å². The van der Waals surface area contributed by atoms with E-state index in [2.05, 4.69) is 57.0 Å². The summed E-state index contributed by atoms with van der Waals surface area (Å²) in [6.45, 7) is 9.15. The molecule has 2 aromatic carbocycles. The normalized spacial score (nSPS) is 13.5. The highest BCUT2D eigenvalue weighted by molar-refractivity contribution is 5.97. The van der Waals surface area contributed by atoms with Crippen LogP contribution in [0.3, 0.4) is 0 Å². The monoisotopic (exact) mass is 749 g/mol. The zero-order valence-electron chi connectivity index (χ0n) is 32.5. The molecule has 0 unspecified atom stereocenters. The summed E-state index contributed by atoms with van der Waals surface area (Å²) in [5, 5.41) is 15.1. The molecule has 1 aliphatic rings. The molecule has 1 saturated heterocycles. The number of hydrogen-bond donors (Lipinski definition) is 3. The van der Waals surface area contributed by atoms with E-state index in [1.165, 1.54) is 6.07 Å². The molecule has 55 heavy (non-hydrogen) atoms. The molecule has 0 saturated carbocycles. The van der Waals surface area contributed by atoms with Crippen LogP contribution in [0.5, 0.6) is 0 Å². The van der Waals surface area contributed by atoms with Crippen molar-refractivity contribution in [3.8, 4) is 11.1 Å². The number of anilines is 1. The third kappa shape index (κ3) is 9.90. The number of benzene rings is 2. The van der Waals surface area contributed by atoms with Gasteiger partial charge in [-0.05, 0) is 94.4 Å². The second kappa shape index (κ2) is 18.4. The first-order chi connectivity index (χ1) is 26.6. The van der Waals surface area contributed by atoms with Crippen LogP contribution in [0.4, 0.5) is 10.1 Å². The highest BCUT2D eigenvalue weighted by atomic mass is 19.1. The molecular weight excluding hydrogens is 698 g/mol. The van der Waals surface area contributed by atoms with Crippen LogP contribution < -0.4 is 16.0 Å². The lowest BCUT2D eigenvalue weighted by Gasteiger charge is -2.26. The Kier molecular flexibility index (Phi) is 13.2. The lowest BCUT2D eigenvalue weighted by Crippen LogP contribution is -2.30. The smallest absolute Gasteiger partial charge is 0.270 e. The lowest BCUT2D eigenvalue weighted by atomic mass is 10.00. The maximum Gasteiger partial charge on any atom is 0.270 e. The van der Waals surface area contributed by atoms with E-state index in [0.717, 1.165) is 77.1 Å². The fraction of sp³-hybridized carbons (Fsp3) is 0.405. The van der Waals surface area contributed by atoms with Gasteiger partial charge >= 0.3 is 0 Å². The first-order valence-electron chi connectivity index (χ1n) is 19.1. The predicted octanol–water partition coefficient (Wildman–Crippen LogP) is 5.66. The van der Waals surface area contributed by atoms with E-state index in [1.807, 2.05) is 49.0 Å². The van der Waals surface area contributed by atoms with Crippen LogP contribution in [0.1, 0.15) is 70.1 Å². The van der Waals surface area contributed by atoms with Crippen LogP contribution in [0.2, 0.25) is 0 Å². The summed E-state index contributed by atoms with van der Waals surface area (Å²) in [4.78, 5) is 40.5. The highest BCUT2D eigenvalue weighted by Gasteiger charge is 2.23. The molecule has 4 heterocycles. The molecule has 0 atom stereocenters. The zero-order valence-corrected chi connectivity index (χ0v) is 32.5. The number of aryl methyl sites for hydroxylation is 2. The number of nitrogens with one attached hydrogen (secondary N) is 3. The van der Waals surface area contributed by atoms with E-state index in [4.69, 9.17) is 9.72 Å². The number of carbonyl (C=O) groups excluding carboxylic acids is 2. The van der Waals surface area contributed by atoms with Crippen molar-refractivity contribution in [2.45, 2.75) is 65.3 Å². The molecule has 2 amide bonds. The highest BCUT2D eigenvalue weighted by Crippen LogP contribution is 2.31. The van der Waals surface area contributed by atoms with Gasteiger partial charge < -0.3 is 30.5 Å².